The van der Waals surface area contributed by atoms with Crippen LogP contribution in [-0.4, -0.2) is 25.1 Å². The highest BCUT2D eigenvalue weighted by molar-refractivity contribution is 6.31. The minimum absolute atomic E-state index is 0.0185. The molecule has 104 valence electrons. The standard InChI is InChI=1S/C14H19ClN2O2/c1-2-16-14(18)9-19-13-5-3-4-12(15)11(13)8-17-10-6-7-10/h3-5,10,17H,2,6-9H2,1H3,(H,16,18). The molecule has 4 nitrogen and oxygen atoms in total. The lowest BCUT2D eigenvalue weighted by molar-refractivity contribution is -0.122. The number of rotatable bonds is 7. The van der Waals surface area contributed by atoms with Crippen molar-refractivity contribution in [2.75, 3.05) is 13.2 Å². The Morgan fingerprint density at radius 1 is 1.47 bits per heavy atom. The monoisotopic (exact) mass is 282 g/mol. The van der Waals surface area contributed by atoms with Crippen molar-refractivity contribution in [3.05, 3.63) is 28.8 Å². The zero-order valence-corrected chi connectivity index (χ0v) is 11.8. The van der Waals surface area contributed by atoms with Crippen LogP contribution in [0.1, 0.15) is 25.3 Å². The number of benzene rings is 1. The van der Waals surface area contributed by atoms with Gasteiger partial charge in [-0.3, -0.25) is 4.79 Å². The van der Waals surface area contributed by atoms with Crippen LogP contribution in [0.4, 0.5) is 0 Å². The fraction of sp³-hybridized carbons (Fsp3) is 0.500. The van der Waals surface area contributed by atoms with Gasteiger partial charge in [0.1, 0.15) is 5.75 Å². The van der Waals surface area contributed by atoms with E-state index in [0.29, 0.717) is 29.9 Å². The summed E-state index contributed by atoms with van der Waals surface area (Å²) in [6.45, 7) is 3.18. The summed E-state index contributed by atoms with van der Waals surface area (Å²) >= 11 is 6.19. The van der Waals surface area contributed by atoms with E-state index < -0.39 is 0 Å². The van der Waals surface area contributed by atoms with Gasteiger partial charge < -0.3 is 15.4 Å². The van der Waals surface area contributed by atoms with E-state index in [2.05, 4.69) is 10.6 Å². The molecule has 1 fully saturated rings. The van der Waals surface area contributed by atoms with Crippen molar-refractivity contribution >= 4 is 17.5 Å². The Bertz CT molecular complexity index is 447. The van der Waals surface area contributed by atoms with Gasteiger partial charge in [0.15, 0.2) is 6.61 Å². The van der Waals surface area contributed by atoms with E-state index in [9.17, 15) is 4.79 Å². The van der Waals surface area contributed by atoms with Gasteiger partial charge in [-0.25, -0.2) is 0 Å². The number of carbonyl (C=O) groups excluding carboxylic acids is 1. The van der Waals surface area contributed by atoms with Gasteiger partial charge in [0.05, 0.1) is 0 Å². The summed E-state index contributed by atoms with van der Waals surface area (Å²) in [6.07, 6.45) is 2.44. The molecule has 0 spiro atoms. The van der Waals surface area contributed by atoms with E-state index in [4.69, 9.17) is 16.3 Å². The second-order valence-corrected chi connectivity index (χ2v) is 5.02. The van der Waals surface area contributed by atoms with E-state index >= 15 is 0 Å². The third-order valence-electron chi connectivity index (χ3n) is 2.95. The zero-order chi connectivity index (χ0) is 13.7. The lowest BCUT2D eigenvalue weighted by atomic mass is 10.2. The molecule has 19 heavy (non-hydrogen) atoms. The maximum atomic E-state index is 11.4. The maximum absolute atomic E-state index is 11.4. The molecule has 1 aromatic carbocycles. The Balaban J connectivity index is 1.97. The van der Waals surface area contributed by atoms with E-state index in [0.717, 1.165) is 5.56 Å². The summed E-state index contributed by atoms with van der Waals surface area (Å²) in [5.74, 6) is 0.551. The molecule has 1 aliphatic rings. The summed E-state index contributed by atoms with van der Waals surface area (Å²) in [4.78, 5) is 11.4. The minimum atomic E-state index is -0.122. The molecule has 0 bridgehead atoms. The topological polar surface area (TPSA) is 50.4 Å². The van der Waals surface area contributed by atoms with Crippen LogP contribution in [0.2, 0.25) is 5.02 Å². The van der Waals surface area contributed by atoms with Crippen LogP contribution in [0.3, 0.4) is 0 Å². The molecule has 0 aromatic heterocycles. The van der Waals surface area contributed by atoms with Crippen LogP contribution in [0.15, 0.2) is 18.2 Å². The number of likely N-dealkylation sites (N-methyl/N-ethyl adjacent to an activating group) is 1. The van der Waals surface area contributed by atoms with Crippen LogP contribution >= 0.6 is 11.6 Å². The lowest BCUT2D eigenvalue weighted by Crippen LogP contribution is -2.28. The van der Waals surface area contributed by atoms with Crippen molar-refractivity contribution in [1.82, 2.24) is 10.6 Å². The van der Waals surface area contributed by atoms with Crippen LogP contribution in [0.25, 0.3) is 0 Å². The molecular formula is C14H19ClN2O2. The Morgan fingerprint density at radius 3 is 2.95 bits per heavy atom. The minimum Gasteiger partial charge on any atom is -0.483 e. The Hall–Kier alpha value is -1.26. The van der Waals surface area contributed by atoms with E-state index in [-0.39, 0.29) is 12.5 Å². The third-order valence-corrected chi connectivity index (χ3v) is 3.31. The molecule has 5 heteroatoms. The average Bonchev–Trinajstić information content (AvgIpc) is 3.19. The summed E-state index contributed by atoms with van der Waals surface area (Å²) in [5, 5.41) is 6.77. The van der Waals surface area contributed by atoms with Crippen molar-refractivity contribution in [3.8, 4) is 5.75 Å². The number of nitrogens with one attached hydrogen (secondary N) is 2. The fourth-order valence-electron chi connectivity index (χ4n) is 1.77. The number of amides is 1. The van der Waals surface area contributed by atoms with Crippen molar-refractivity contribution in [2.45, 2.75) is 32.4 Å². The van der Waals surface area contributed by atoms with Crippen LogP contribution in [0, 0.1) is 0 Å². The highest BCUT2D eigenvalue weighted by atomic mass is 35.5. The molecular weight excluding hydrogens is 264 g/mol. The number of carbonyl (C=O) groups is 1. The van der Waals surface area contributed by atoms with Crippen LogP contribution in [-0.2, 0) is 11.3 Å². The Morgan fingerprint density at radius 2 is 2.26 bits per heavy atom. The van der Waals surface area contributed by atoms with Gasteiger partial charge in [0, 0.05) is 29.7 Å². The second-order valence-electron chi connectivity index (χ2n) is 4.61. The van der Waals surface area contributed by atoms with Crippen molar-refractivity contribution < 1.29 is 9.53 Å². The first kappa shape index (κ1) is 14.2. The molecule has 2 rings (SSSR count). The van der Waals surface area contributed by atoms with Gasteiger partial charge in [-0.1, -0.05) is 17.7 Å². The maximum Gasteiger partial charge on any atom is 0.257 e. The van der Waals surface area contributed by atoms with E-state index in [1.54, 1.807) is 0 Å². The summed E-state index contributed by atoms with van der Waals surface area (Å²) in [7, 11) is 0. The first-order valence-electron chi connectivity index (χ1n) is 6.61. The molecule has 1 amide bonds. The fourth-order valence-corrected chi connectivity index (χ4v) is 2.00. The number of hydrogen-bond donors (Lipinski definition) is 2. The molecule has 1 saturated carbocycles. The zero-order valence-electron chi connectivity index (χ0n) is 11.0. The quantitative estimate of drug-likeness (QED) is 0.805. The highest BCUT2D eigenvalue weighted by Gasteiger charge is 2.21. The summed E-state index contributed by atoms with van der Waals surface area (Å²) in [6, 6.07) is 6.11. The van der Waals surface area contributed by atoms with Gasteiger partial charge in [-0.2, -0.15) is 0 Å². The predicted molar refractivity (Wildman–Crippen MR) is 75.5 cm³/mol. The summed E-state index contributed by atoms with van der Waals surface area (Å²) < 4.78 is 5.55. The SMILES string of the molecule is CCNC(=O)COc1cccc(Cl)c1CNC1CC1. The highest BCUT2D eigenvalue weighted by Crippen LogP contribution is 2.28. The molecule has 0 heterocycles. The normalized spacial score (nSPS) is 14.2. The largest absolute Gasteiger partial charge is 0.483 e. The smallest absolute Gasteiger partial charge is 0.257 e. The van der Waals surface area contributed by atoms with Gasteiger partial charge >= 0.3 is 0 Å². The average molecular weight is 283 g/mol. The first-order valence-corrected chi connectivity index (χ1v) is 6.98. The molecule has 0 atom stereocenters. The molecule has 0 saturated heterocycles. The van der Waals surface area contributed by atoms with Gasteiger partial charge in [0.2, 0.25) is 0 Å². The van der Waals surface area contributed by atoms with Crippen molar-refractivity contribution in [3.63, 3.8) is 0 Å². The third kappa shape index (κ3) is 4.40. The molecule has 2 N–H and O–H groups in total. The molecule has 1 aromatic rings. The van der Waals surface area contributed by atoms with Crippen molar-refractivity contribution in [1.29, 1.82) is 0 Å². The molecule has 0 radical (unpaired) electrons. The van der Waals surface area contributed by atoms with E-state index in [1.165, 1.54) is 12.8 Å². The van der Waals surface area contributed by atoms with E-state index in [1.807, 2.05) is 25.1 Å². The number of halogens is 1. The van der Waals surface area contributed by atoms with Crippen LogP contribution in [0.5, 0.6) is 5.75 Å². The number of ether oxygens (including phenoxy) is 1. The predicted octanol–water partition coefficient (Wildman–Crippen LogP) is 2.11. The number of hydrogen-bond acceptors (Lipinski definition) is 3. The van der Waals surface area contributed by atoms with Gasteiger partial charge in [-0.05, 0) is 31.9 Å². The molecule has 0 aliphatic heterocycles. The molecule has 1 aliphatic carbocycles. The van der Waals surface area contributed by atoms with Gasteiger partial charge in [-0.15, -0.1) is 0 Å². The first-order chi connectivity index (χ1) is 9.20. The van der Waals surface area contributed by atoms with Gasteiger partial charge in [0.25, 0.3) is 5.91 Å². The summed E-state index contributed by atoms with van der Waals surface area (Å²) in [5.41, 5.74) is 0.917. The van der Waals surface area contributed by atoms with Crippen molar-refractivity contribution in [2.24, 2.45) is 0 Å². The second kappa shape index (κ2) is 6.78. The lowest BCUT2D eigenvalue weighted by Gasteiger charge is -2.13. The van der Waals surface area contributed by atoms with Crippen LogP contribution < -0.4 is 15.4 Å². The Labute approximate surface area is 118 Å². The molecule has 0 unspecified atom stereocenters. The Kier molecular flexibility index (Phi) is 5.05.